The maximum absolute atomic E-state index is 12.9. The Morgan fingerprint density at radius 3 is 2.68 bits per heavy atom. The van der Waals surface area contributed by atoms with Crippen molar-refractivity contribution >= 4 is 35.0 Å². The van der Waals surface area contributed by atoms with Gasteiger partial charge in [-0.2, -0.15) is 0 Å². The Morgan fingerprint density at radius 1 is 1.29 bits per heavy atom. The molecule has 28 heavy (non-hydrogen) atoms. The summed E-state index contributed by atoms with van der Waals surface area (Å²) in [5.41, 5.74) is 1.23. The van der Waals surface area contributed by atoms with Crippen LogP contribution in [0.25, 0.3) is 5.69 Å². The summed E-state index contributed by atoms with van der Waals surface area (Å²) in [7, 11) is 1.76. The van der Waals surface area contributed by atoms with Gasteiger partial charge in [0.25, 0.3) is 11.5 Å². The molecule has 0 aliphatic carbocycles. The standard InChI is InChI=1S/C19H20ClN5O2S/c1-4-10-28-19-21-11-14(20)16(23-19)17(26)22-15-12(2)24(3)25(18(15)27)13-8-6-5-7-9-13/h5-9,11H,4,10H2,1-3H3,(H,22,26). The molecule has 0 aliphatic heterocycles. The maximum Gasteiger partial charge on any atom is 0.295 e. The number of benzene rings is 1. The fraction of sp³-hybridized carbons (Fsp3) is 0.263. The van der Waals surface area contributed by atoms with Gasteiger partial charge < -0.3 is 5.32 Å². The van der Waals surface area contributed by atoms with Crippen LogP contribution in [0.1, 0.15) is 29.5 Å². The molecule has 2 aromatic heterocycles. The van der Waals surface area contributed by atoms with Crippen molar-refractivity contribution in [2.24, 2.45) is 7.05 Å². The zero-order valence-corrected chi connectivity index (χ0v) is 17.3. The summed E-state index contributed by atoms with van der Waals surface area (Å²) in [5.74, 6) is 0.291. The Kier molecular flexibility index (Phi) is 6.21. The quantitative estimate of drug-likeness (QED) is 0.488. The molecule has 7 nitrogen and oxygen atoms in total. The Morgan fingerprint density at radius 2 is 2.00 bits per heavy atom. The van der Waals surface area contributed by atoms with Crippen LogP contribution in [0, 0.1) is 6.92 Å². The van der Waals surface area contributed by atoms with Crippen molar-refractivity contribution in [1.29, 1.82) is 0 Å². The molecule has 0 radical (unpaired) electrons. The molecule has 1 N–H and O–H groups in total. The molecule has 1 aromatic carbocycles. The average molecular weight is 418 g/mol. The van der Waals surface area contributed by atoms with Gasteiger partial charge >= 0.3 is 0 Å². The van der Waals surface area contributed by atoms with Gasteiger partial charge in [-0.25, -0.2) is 14.6 Å². The van der Waals surface area contributed by atoms with E-state index in [9.17, 15) is 9.59 Å². The van der Waals surface area contributed by atoms with Gasteiger partial charge in [-0.1, -0.05) is 48.5 Å². The molecule has 3 aromatic rings. The van der Waals surface area contributed by atoms with Crippen LogP contribution < -0.4 is 10.9 Å². The van der Waals surface area contributed by atoms with Crippen LogP contribution in [0.5, 0.6) is 0 Å². The molecule has 0 atom stereocenters. The summed E-state index contributed by atoms with van der Waals surface area (Å²) in [4.78, 5) is 34.1. The third-order valence-electron chi connectivity index (χ3n) is 4.17. The normalized spacial score (nSPS) is 10.9. The number of nitrogens with one attached hydrogen (secondary N) is 1. The lowest BCUT2D eigenvalue weighted by Crippen LogP contribution is -2.23. The molecule has 0 bridgehead atoms. The molecular weight excluding hydrogens is 398 g/mol. The van der Waals surface area contributed by atoms with Crippen LogP contribution in [0.15, 0.2) is 46.5 Å². The fourth-order valence-electron chi connectivity index (χ4n) is 2.66. The van der Waals surface area contributed by atoms with Crippen LogP contribution in [0.3, 0.4) is 0 Å². The van der Waals surface area contributed by atoms with E-state index in [2.05, 4.69) is 15.3 Å². The Labute approximate surface area is 171 Å². The van der Waals surface area contributed by atoms with E-state index in [1.54, 1.807) is 18.7 Å². The zero-order chi connectivity index (χ0) is 20.3. The molecule has 2 heterocycles. The first-order valence-electron chi connectivity index (χ1n) is 8.74. The second kappa shape index (κ2) is 8.62. The summed E-state index contributed by atoms with van der Waals surface area (Å²) in [6, 6.07) is 9.21. The predicted molar refractivity (Wildman–Crippen MR) is 112 cm³/mol. The van der Waals surface area contributed by atoms with E-state index in [0.29, 0.717) is 16.5 Å². The number of carbonyl (C=O) groups is 1. The van der Waals surface area contributed by atoms with E-state index < -0.39 is 5.91 Å². The number of halogens is 1. The number of hydrogen-bond donors (Lipinski definition) is 1. The van der Waals surface area contributed by atoms with Crippen molar-refractivity contribution in [3.05, 3.63) is 63.3 Å². The number of hydrogen-bond acceptors (Lipinski definition) is 5. The van der Waals surface area contributed by atoms with Gasteiger partial charge in [-0.15, -0.1) is 0 Å². The van der Waals surface area contributed by atoms with Gasteiger partial charge in [0.15, 0.2) is 10.9 Å². The van der Waals surface area contributed by atoms with Crippen LogP contribution >= 0.6 is 23.4 Å². The summed E-state index contributed by atoms with van der Waals surface area (Å²) in [6.45, 7) is 3.81. The first-order valence-corrected chi connectivity index (χ1v) is 10.1. The van der Waals surface area contributed by atoms with Crippen molar-refractivity contribution in [1.82, 2.24) is 19.3 Å². The van der Waals surface area contributed by atoms with E-state index in [1.807, 2.05) is 37.3 Å². The lowest BCUT2D eigenvalue weighted by atomic mass is 10.3. The molecule has 3 rings (SSSR count). The number of thioether (sulfide) groups is 1. The molecular formula is C19H20ClN5O2S. The number of para-hydroxylation sites is 1. The van der Waals surface area contributed by atoms with Gasteiger partial charge in [0.05, 0.1) is 22.6 Å². The maximum atomic E-state index is 12.9. The van der Waals surface area contributed by atoms with E-state index in [4.69, 9.17) is 11.6 Å². The summed E-state index contributed by atoms with van der Waals surface area (Å²) < 4.78 is 3.19. The third-order valence-corrected chi connectivity index (χ3v) is 5.51. The monoisotopic (exact) mass is 417 g/mol. The van der Waals surface area contributed by atoms with Crippen LogP contribution in [-0.4, -0.2) is 31.0 Å². The highest BCUT2D eigenvalue weighted by Crippen LogP contribution is 2.21. The number of amides is 1. The van der Waals surface area contributed by atoms with Crippen molar-refractivity contribution in [3.63, 3.8) is 0 Å². The first kappa shape index (κ1) is 20.2. The number of aromatic nitrogens is 4. The smallest absolute Gasteiger partial charge is 0.295 e. The van der Waals surface area contributed by atoms with E-state index in [0.717, 1.165) is 12.2 Å². The SMILES string of the molecule is CCCSc1ncc(Cl)c(C(=O)Nc2c(C)n(C)n(-c3ccccc3)c2=O)n1. The molecule has 1 amide bonds. The Hall–Kier alpha value is -2.58. The average Bonchev–Trinajstić information content (AvgIpc) is 2.91. The van der Waals surface area contributed by atoms with E-state index in [1.165, 1.54) is 22.6 Å². The number of nitrogens with zero attached hydrogens (tertiary/aromatic N) is 4. The lowest BCUT2D eigenvalue weighted by Gasteiger charge is -2.07. The van der Waals surface area contributed by atoms with Crippen LogP contribution in [0.2, 0.25) is 5.02 Å². The fourth-order valence-corrected chi connectivity index (χ4v) is 3.50. The number of anilines is 1. The van der Waals surface area contributed by atoms with Gasteiger partial charge in [-0.3, -0.25) is 14.3 Å². The highest BCUT2D eigenvalue weighted by molar-refractivity contribution is 7.99. The summed E-state index contributed by atoms with van der Waals surface area (Å²) in [6.07, 6.45) is 2.36. The molecule has 0 unspecified atom stereocenters. The largest absolute Gasteiger partial charge is 0.314 e. The molecule has 9 heteroatoms. The topological polar surface area (TPSA) is 81.8 Å². The highest BCUT2D eigenvalue weighted by atomic mass is 35.5. The molecule has 0 aliphatic rings. The van der Waals surface area contributed by atoms with Crippen LogP contribution in [0.4, 0.5) is 5.69 Å². The van der Waals surface area contributed by atoms with Gasteiger partial charge in [-0.05, 0) is 25.5 Å². The molecule has 0 saturated carbocycles. The minimum Gasteiger partial charge on any atom is -0.314 e. The Balaban J connectivity index is 1.95. The first-order chi connectivity index (χ1) is 13.4. The zero-order valence-electron chi connectivity index (χ0n) is 15.8. The molecule has 0 fully saturated rings. The van der Waals surface area contributed by atoms with Gasteiger partial charge in [0.1, 0.15) is 5.69 Å². The van der Waals surface area contributed by atoms with Crippen molar-refractivity contribution in [3.8, 4) is 5.69 Å². The second-order valence-electron chi connectivity index (χ2n) is 6.09. The van der Waals surface area contributed by atoms with Crippen molar-refractivity contribution in [2.75, 3.05) is 11.1 Å². The number of carbonyl (C=O) groups excluding carboxylic acids is 1. The summed E-state index contributed by atoms with van der Waals surface area (Å²) >= 11 is 7.57. The van der Waals surface area contributed by atoms with Gasteiger partial charge in [0, 0.05) is 12.8 Å². The van der Waals surface area contributed by atoms with Crippen LogP contribution in [-0.2, 0) is 7.05 Å². The minimum absolute atomic E-state index is 0.0455. The lowest BCUT2D eigenvalue weighted by molar-refractivity contribution is 0.102. The highest BCUT2D eigenvalue weighted by Gasteiger charge is 2.21. The number of rotatable bonds is 6. The van der Waals surface area contributed by atoms with Crippen molar-refractivity contribution < 1.29 is 4.79 Å². The molecule has 0 spiro atoms. The molecule has 146 valence electrons. The predicted octanol–water partition coefficient (Wildman–Crippen LogP) is 3.68. The van der Waals surface area contributed by atoms with Crippen molar-refractivity contribution in [2.45, 2.75) is 25.4 Å². The second-order valence-corrected chi connectivity index (χ2v) is 7.56. The van der Waals surface area contributed by atoms with E-state index >= 15 is 0 Å². The summed E-state index contributed by atoms with van der Waals surface area (Å²) in [5, 5.41) is 3.28. The third kappa shape index (κ3) is 3.98. The van der Waals surface area contributed by atoms with Gasteiger partial charge in [0.2, 0.25) is 0 Å². The Bertz CT molecular complexity index is 1060. The molecule has 0 saturated heterocycles. The van der Waals surface area contributed by atoms with E-state index in [-0.39, 0.29) is 22.0 Å². The minimum atomic E-state index is -0.545.